The first-order valence-corrected chi connectivity index (χ1v) is 6.95. The number of benzene rings is 1. The monoisotopic (exact) mass is 302 g/mol. The van der Waals surface area contributed by atoms with Crippen molar-refractivity contribution in [3.05, 3.63) is 41.6 Å². The Bertz CT molecular complexity index is 820. The third-order valence-corrected chi connectivity index (χ3v) is 3.47. The van der Waals surface area contributed by atoms with Crippen LogP contribution in [0.2, 0.25) is 5.28 Å². The molecule has 0 amide bonds. The first-order valence-electron chi connectivity index (χ1n) is 6.57. The quantitative estimate of drug-likeness (QED) is 0.739. The zero-order valence-corrected chi connectivity index (χ0v) is 12.8. The first kappa shape index (κ1) is 14.0. The summed E-state index contributed by atoms with van der Waals surface area (Å²) in [6, 6.07) is 7.59. The molecular weight excluding hydrogens is 288 g/mol. The van der Waals surface area contributed by atoms with Crippen LogP contribution in [-0.2, 0) is 5.72 Å². The maximum absolute atomic E-state index is 10.3. The minimum absolute atomic E-state index is 0.208. The maximum Gasteiger partial charge on any atom is 0.222 e. The minimum atomic E-state index is -1.03. The smallest absolute Gasteiger partial charge is 0.222 e. The van der Waals surface area contributed by atoms with E-state index in [1.807, 2.05) is 25.1 Å². The van der Waals surface area contributed by atoms with E-state index < -0.39 is 5.72 Å². The minimum Gasteiger partial charge on any atom is -0.371 e. The highest BCUT2D eigenvalue weighted by Crippen LogP contribution is 2.27. The van der Waals surface area contributed by atoms with Crippen molar-refractivity contribution in [2.45, 2.75) is 26.5 Å². The van der Waals surface area contributed by atoms with E-state index in [1.54, 1.807) is 30.7 Å². The lowest BCUT2D eigenvalue weighted by atomic mass is 10.1. The van der Waals surface area contributed by atoms with Gasteiger partial charge in [-0.05, 0) is 50.6 Å². The first-order chi connectivity index (χ1) is 9.86. The Morgan fingerprint density at radius 3 is 2.62 bits per heavy atom. The van der Waals surface area contributed by atoms with Crippen LogP contribution in [0, 0.1) is 6.92 Å². The Labute approximate surface area is 127 Å². The number of aliphatic hydroxyl groups is 1. The molecule has 0 spiro atoms. The van der Waals surface area contributed by atoms with Crippen LogP contribution in [0.1, 0.15) is 19.7 Å². The molecule has 108 valence electrons. The van der Waals surface area contributed by atoms with Crippen molar-refractivity contribution in [1.82, 2.24) is 19.5 Å². The number of aromatic nitrogens is 4. The zero-order chi connectivity index (χ0) is 15.2. The number of hydrogen-bond donors (Lipinski definition) is 1. The molecule has 3 aromatic rings. The van der Waals surface area contributed by atoms with Gasteiger partial charge >= 0.3 is 0 Å². The SMILES string of the molecule is Cc1nc2ccc(-c3ccnc(Cl)n3)cc2n1C(C)(C)O. The summed E-state index contributed by atoms with van der Waals surface area (Å²) >= 11 is 5.84. The molecule has 0 unspecified atom stereocenters. The normalized spacial score (nSPS) is 12.0. The Morgan fingerprint density at radius 1 is 1.19 bits per heavy atom. The second-order valence-electron chi connectivity index (χ2n) is 5.40. The molecule has 6 heteroatoms. The van der Waals surface area contributed by atoms with Gasteiger partial charge in [-0.2, -0.15) is 0 Å². The summed E-state index contributed by atoms with van der Waals surface area (Å²) in [4.78, 5) is 12.6. The lowest BCUT2D eigenvalue weighted by molar-refractivity contribution is 0.00391. The summed E-state index contributed by atoms with van der Waals surface area (Å²) in [6.07, 6.45) is 1.62. The van der Waals surface area contributed by atoms with Gasteiger partial charge in [-0.25, -0.2) is 15.0 Å². The van der Waals surface area contributed by atoms with E-state index in [9.17, 15) is 5.11 Å². The van der Waals surface area contributed by atoms with Gasteiger partial charge in [-0.15, -0.1) is 0 Å². The fourth-order valence-corrected chi connectivity index (χ4v) is 2.69. The van der Waals surface area contributed by atoms with E-state index >= 15 is 0 Å². The fraction of sp³-hybridized carbons (Fsp3) is 0.267. The molecule has 0 saturated heterocycles. The van der Waals surface area contributed by atoms with Crippen molar-refractivity contribution in [3.63, 3.8) is 0 Å². The predicted octanol–water partition coefficient (Wildman–Crippen LogP) is 3.14. The third-order valence-electron chi connectivity index (χ3n) is 3.29. The van der Waals surface area contributed by atoms with E-state index in [2.05, 4.69) is 15.0 Å². The van der Waals surface area contributed by atoms with E-state index in [0.717, 1.165) is 28.1 Å². The highest BCUT2D eigenvalue weighted by Gasteiger charge is 2.21. The molecular formula is C15H15ClN4O. The van der Waals surface area contributed by atoms with Crippen molar-refractivity contribution < 1.29 is 5.11 Å². The largest absolute Gasteiger partial charge is 0.371 e. The molecule has 0 aliphatic heterocycles. The van der Waals surface area contributed by atoms with Gasteiger partial charge in [0, 0.05) is 11.8 Å². The number of rotatable bonds is 2. The number of aryl methyl sites for hydroxylation is 1. The molecule has 0 saturated carbocycles. The van der Waals surface area contributed by atoms with Gasteiger partial charge in [-0.1, -0.05) is 6.07 Å². The van der Waals surface area contributed by atoms with Crippen LogP contribution in [0.5, 0.6) is 0 Å². The van der Waals surface area contributed by atoms with Gasteiger partial charge in [0.25, 0.3) is 0 Å². The molecule has 2 heterocycles. The lowest BCUT2D eigenvalue weighted by Gasteiger charge is -2.22. The van der Waals surface area contributed by atoms with Gasteiger partial charge in [0.2, 0.25) is 5.28 Å². The highest BCUT2D eigenvalue weighted by molar-refractivity contribution is 6.28. The van der Waals surface area contributed by atoms with Crippen LogP contribution in [-0.4, -0.2) is 24.6 Å². The number of hydrogen-bond acceptors (Lipinski definition) is 4. The van der Waals surface area contributed by atoms with Gasteiger partial charge < -0.3 is 5.11 Å². The summed E-state index contributed by atoms with van der Waals surface area (Å²) in [5, 5.41) is 10.5. The molecule has 2 aromatic heterocycles. The average Bonchev–Trinajstić information content (AvgIpc) is 2.73. The summed E-state index contributed by atoms with van der Waals surface area (Å²) < 4.78 is 1.80. The maximum atomic E-state index is 10.3. The second kappa shape index (κ2) is 4.79. The number of halogens is 1. The van der Waals surface area contributed by atoms with Crippen molar-refractivity contribution in [2.75, 3.05) is 0 Å². The van der Waals surface area contributed by atoms with Gasteiger partial charge in [0.15, 0.2) is 0 Å². The van der Waals surface area contributed by atoms with Crippen molar-refractivity contribution in [1.29, 1.82) is 0 Å². The van der Waals surface area contributed by atoms with Crippen molar-refractivity contribution in [3.8, 4) is 11.3 Å². The molecule has 0 radical (unpaired) electrons. The van der Waals surface area contributed by atoms with E-state index in [0.29, 0.717) is 0 Å². The summed E-state index contributed by atoms with van der Waals surface area (Å²) in [5.41, 5.74) is 2.29. The summed E-state index contributed by atoms with van der Waals surface area (Å²) in [7, 11) is 0. The number of fused-ring (bicyclic) bond motifs is 1. The lowest BCUT2D eigenvalue weighted by Crippen LogP contribution is -2.26. The fourth-order valence-electron chi connectivity index (χ4n) is 2.54. The highest BCUT2D eigenvalue weighted by atomic mass is 35.5. The summed E-state index contributed by atoms with van der Waals surface area (Å²) in [6.45, 7) is 5.34. The molecule has 0 aliphatic rings. The summed E-state index contributed by atoms with van der Waals surface area (Å²) in [5.74, 6) is 0.760. The predicted molar refractivity (Wildman–Crippen MR) is 82.0 cm³/mol. The molecule has 0 atom stereocenters. The van der Waals surface area contributed by atoms with Crippen molar-refractivity contribution in [2.24, 2.45) is 0 Å². The Morgan fingerprint density at radius 2 is 1.95 bits per heavy atom. The van der Waals surface area contributed by atoms with Gasteiger partial charge in [0.1, 0.15) is 11.5 Å². The Kier molecular flexibility index (Phi) is 3.19. The number of nitrogens with zero attached hydrogens (tertiary/aromatic N) is 4. The zero-order valence-electron chi connectivity index (χ0n) is 12.0. The van der Waals surface area contributed by atoms with Crippen LogP contribution in [0.15, 0.2) is 30.5 Å². The van der Waals surface area contributed by atoms with Gasteiger partial charge in [-0.3, -0.25) is 4.57 Å². The molecule has 3 rings (SSSR count). The molecule has 1 N–H and O–H groups in total. The Balaban J connectivity index is 2.24. The standard InChI is InChI=1S/C15H15ClN4O/c1-9-18-12-5-4-10(11-6-7-17-14(16)19-11)8-13(12)20(9)15(2,3)21/h4-8,21H,1-3H3. The van der Waals surface area contributed by atoms with Crippen LogP contribution >= 0.6 is 11.6 Å². The molecule has 0 aliphatic carbocycles. The van der Waals surface area contributed by atoms with Crippen LogP contribution in [0.25, 0.3) is 22.3 Å². The topological polar surface area (TPSA) is 63.8 Å². The van der Waals surface area contributed by atoms with Crippen LogP contribution in [0.3, 0.4) is 0 Å². The molecule has 0 fully saturated rings. The second-order valence-corrected chi connectivity index (χ2v) is 5.74. The third kappa shape index (κ3) is 2.50. The molecule has 5 nitrogen and oxygen atoms in total. The molecule has 0 bridgehead atoms. The molecule has 1 aromatic carbocycles. The Hall–Kier alpha value is -1.98. The van der Waals surface area contributed by atoms with Gasteiger partial charge in [0.05, 0.1) is 16.7 Å². The van der Waals surface area contributed by atoms with Crippen LogP contribution < -0.4 is 0 Å². The van der Waals surface area contributed by atoms with Crippen molar-refractivity contribution >= 4 is 22.6 Å². The number of imidazole rings is 1. The van der Waals surface area contributed by atoms with E-state index in [-0.39, 0.29) is 5.28 Å². The molecule has 21 heavy (non-hydrogen) atoms. The van der Waals surface area contributed by atoms with E-state index in [4.69, 9.17) is 11.6 Å². The van der Waals surface area contributed by atoms with Crippen LogP contribution in [0.4, 0.5) is 0 Å². The van der Waals surface area contributed by atoms with E-state index in [1.165, 1.54) is 0 Å². The average molecular weight is 303 g/mol.